The van der Waals surface area contributed by atoms with Gasteiger partial charge in [-0.2, -0.15) is 5.26 Å². The normalized spacial score (nSPS) is 18.8. The van der Waals surface area contributed by atoms with Crippen LogP contribution in [0.15, 0.2) is 48.5 Å². The second kappa shape index (κ2) is 12.8. The molecule has 2 heterocycles. The van der Waals surface area contributed by atoms with Crippen LogP contribution in [0, 0.1) is 17.2 Å². The quantitative estimate of drug-likeness (QED) is 0.556. The van der Waals surface area contributed by atoms with E-state index in [1.54, 1.807) is 9.80 Å². The third-order valence-corrected chi connectivity index (χ3v) is 7.29. The van der Waals surface area contributed by atoms with Crippen LogP contribution in [0.25, 0.3) is 11.1 Å². The molecule has 4 rings (SSSR count). The Labute approximate surface area is 225 Å². The molecule has 2 amide bonds. The van der Waals surface area contributed by atoms with Crippen molar-refractivity contribution in [2.75, 3.05) is 26.2 Å². The minimum Gasteiger partial charge on any atom is -0.493 e. The summed E-state index contributed by atoms with van der Waals surface area (Å²) in [6.45, 7) is 6.37. The van der Waals surface area contributed by atoms with Crippen LogP contribution in [0.2, 0.25) is 0 Å². The number of ether oxygens (including phenoxy) is 2. The number of rotatable bonds is 8. The van der Waals surface area contributed by atoms with E-state index in [9.17, 15) is 14.9 Å². The highest BCUT2D eigenvalue weighted by atomic mass is 16.6. The second-order valence-electron chi connectivity index (χ2n) is 10.5. The predicted octanol–water partition coefficient (Wildman–Crippen LogP) is 4.37. The molecule has 2 unspecified atom stereocenters. The van der Waals surface area contributed by atoms with Gasteiger partial charge >= 0.3 is 6.09 Å². The molecule has 0 aromatic heterocycles. The standard InChI is InChI=1S/C30H38N4O4/c1-21(2)38-30(36)33-16-13-23(14-17-33)20-37-27-11-9-25(10-12-27)24-7-5-22(6-8-24)18-28(32)29(35)34-15-3-4-26(34)19-31/h5-12,21,23,26,28H,3-4,13-18,20,32H2,1-2H3. The second-order valence-corrected chi connectivity index (χ2v) is 10.5. The van der Waals surface area contributed by atoms with Crippen LogP contribution in [0.4, 0.5) is 4.79 Å². The van der Waals surface area contributed by atoms with E-state index >= 15 is 0 Å². The number of likely N-dealkylation sites (tertiary alicyclic amines) is 2. The van der Waals surface area contributed by atoms with E-state index in [0.717, 1.165) is 48.1 Å². The smallest absolute Gasteiger partial charge is 0.410 e. The number of piperidine rings is 1. The molecule has 2 aliphatic heterocycles. The lowest BCUT2D eigenvalue weighted by molar-refractivity contribution is -0.132. The van der Waals surface area contributed by atoms with Gasteiger partial charge in [0, 0.05) is 19.6 Å². The summed E-state index contributed by atoms with van der Waals surface area (Å²) < 4.78 is 11.3. The molecule has 8 heteroatoms. The van der Waals surface area contributed by atoms with Gasteiger partial charge in [-0.25, -0.2) is 4.79 Å². The number of nitrogens with zero attached hydrogens (tertiary/aromatic N) is 3. The number of hydrogen-bond acceptors (Lipinski definition) is 6. The Morgan fingerprint density at radius 2 is 1.63 bits per heavy atom. The van der Waals surface area contributed by atoms with Crippen molar-refractivity contribution in [3.8, 4) is 22.9 Å². The Kier molecular flexibility index (Phi) is 9.24. The van der Waals surface area contributed by atoms with Crippen LogP contribution >= 0.6 is 0 Å². The molecular formula is C30H38N4O4. The van der Waals surface area contributed by atoms with Crippen LogP contribution in [0.1, 0.15) is 45.1 Å². The fourth-order valence-electron chi connectivity index (χ4n) is 5.07. The summed E-state index contributed by atoms with van der Waals surface area (Å²) >= 11 is 0. The van der Waals surface area contributed by atoms with E-state index in [-0.39, 0.29) is 24.1 Å². The SMILES string of the molecule is CC(C)OC(=O)N1CCC(COc2ccc(-c3ccc(CC(N)C(=O)N4CCCC4C#N)cc3)cc2)CC1. The van der Waals surface area contributed by atoms with Gasteiger partial charge in [-0.3, -0.25) is 4.79 Å². The highest BCUT2D eigenvalue weighted by molar-refractivity contribution is 5.83. The number of nitrogens with two attached hydrogens (primary N) is 1. The molecule has 2 saturated heterocycles. The summed E-state index contributed by atoms with van der Waals surface area (Å²) in [5.41, 5.74) is 9.34. The molecule has 0 aliphatic carbocycles. The first-order chi connectivity index (χ1) is 18.3. The minimum absolute atomic E-state index is 0.0997. The van der Waals surface area contributed by atoms with Crippen molar-refractivity contribution in [2.24, 2.45) is 11.7 Å². The molecule has 8 nitrogen and oxygen atoms in total. The molecule has 2 aromatic carbocycles. The lowest BCUT2D eigenvalue weighted by atomic mass is 9.98. The van der Waals surface area contributed by atoms with Crippen molar-refractivity contribution in [2.45, 2.75) is 64.1 Å². The maximum atomic E-state index is 12.7. The summed E-state index contributed by atoms with van der Waals surface area (Å²) in [4.78, 5) is 28.1. The molecule has 0 bridgehead atoms. The molecule has 2 aromatic rings. The lowest BCUT2D eigenvalue weighted by Gasteiger charge is -2.31. The molecular weight excluding hydrogens is 480 g/mol. The summed E-state index contributed by atoms with van der Waals surface area (Å²) in [5, 5.41) is 9.24. The van der Waals surface area contributed by atoms with Gasteiger partial charge < -0.3 is 25.0 Å². The number of hydrogen-bond donors (Lipinski definition) is 1. The van der Waals surface area contributed by atoms with Crippen molar-refractivity contribution >= 4 is 12.0 Å². The van der Waals surface area contributed by atoms with Crippen LogP contribution < -0.4 is 10.5 Å². The maximum Gasteiger partial charge on any atom is 0.410 e. The number of carbonyl (C=O) groups is 2. The first kappa shape index (κ1) is 27.5. The van der Waals surface area contributed by atoms with E-state index in [1.165, 1.54) is 0 Å². The average Bonchev–Trinajstić information content (AvgIpc) is 3.41. The Bertz CT molecular complexity index is 1120. The zero-order chi connectivity index (χ0) is 27.1. The maximum absolute atomic E-state index is 12.7. The zero-order valence-electron chi connectivity index (χ0n) is 22.3. The van der Waals surface area contributed by atoms with Gasteiger partial charge in [0.2, 0.25) is 5.91 Å². The van der Waals surface area contributed by atoms with Gasteiger partial charge in [-0.1, -0.05) is 36.4 Å². The van der Waals surface area contributed by atoms with Crippen LogP contribution in [0.5, 0.6) is 5.75 Å². The molecule has 2 atom stereocenters. The number of carbonyl (C=O) groups excluding carboxylic acids is 2. The van der Waals surface area contributed by atoms with E-state index in [0.29, 0.717) is 38.6 Å². The first-order valence-electron chi connectivity index (χ1n) is 13.6. The van der Waals surface area contributed by atoms with Crippen LogP contribution in [-0.4, -0.2) is 66.2 Å². The third-order valence-electron chi connectivity index (χ3n) is 7.29. The van der Waals surface area contributed by atoms with Gasteiger partial charge in [-0.05, 0) is 80.7 Å². The molecule has 38 heavy (non-hydrogen) atoms. The van der Waals surface area contributed by atoms with Crippen molar-refractivity contribution < 1.29 is 19.1 Å². The lowest BCUT2D eigenvalue weighted by Crippen LogP contribution is -2.46. The Balaban J connectivity index is 1.23. The van der Waals surface area contributed by atoms with E-state index in [4.69, 9.17) is 15.2 Å². The summed E-state index contributed by atoms with van der Waals surface area (Å²) in [7, 11) is 0. The number of benzene rings is 2. The van der Waals surface area contributed by atoms with E-state index in [2.05, 4.69) is 6.07 Å². The van der Waals surface area contributed by atoms with Gasteiger partial charge in [0.25, 0.3) is 0 Å². The van der Waals surface area contributed by atoms with E-state index in [1.807, 2.05) is 62.4 Å². The summed E-state index contributed by atoms with van der Waals surface area (Å²) in [5.74, 6) is 1.10. The van der Waals surface area contributed by atoms with Crippen molar-refractivity contribution in [3.63, 3.8) is 0 Å². The highest BCUT2D eigenvalue weighted by Gasteiger charge is 2.31. The largest absolute Gasteiger partial charge is 0.493 e. The first-order valence-corrected chi connectivity index (χ1v) is 13.6. The topological polar surface area (TPSA) is 109 Å². The third kappa shape index (κ3) is 7.05. The number of nitriles is 1. The monoisotopic (exact) mass is 518 g/mol. The fourth-order valence-corrected chi connectivity index (χ4v) is 5.07. The van der Waals surface area contributed by atoms with Crippen LogP contribution in [-0.2, 0) is 16.0 Å². The molecule has 0 saturated carbocycles. The molecule has 0 spiro atoms. The zero-order valence-corrected chi connectivity index (χ0v) is 22.3. The molecule has 2 aliphatic rings. The highest BCUT2D eigenvalue weighted by Crippen LogP contribution is 2.25. The van der Waals surface area contributed by atoms with Crippen LogP contribution in [0.3, 0.4) is 0 Å². The van der Waals surface area contributed by atoms with Gasteiger partial charge in [-0.15, -0.1) is 0 Å². The number of amides is 2. The Hall–Kier alpha value is -3.57. The minimum atomic E-state index is -0.646. The average molecular weight is 519 g/mol. The van der Waals surface area contributed by atoms with Gasteiger partial charge in [0.1, 0.15) is 11.8 Å². The van der Waals surface area contributed by atoms with Crippen molar-refractivity contribution in [3.05, 3.63) is 54.1 Å². The van der Waals surface area contributed by atoms with Crippen molar-refractivity contribution in [1.82, 2.24) is 9.80 Å². The molecule has 2 N–H and O–H groups in total. The predicted molar refractivity (Wildman–Crippen MR) is 145 cm³/mol. The Morgan fingerprint density at radius 1 is 1.00 bits per heavy atom. The van der Waals surface area contributed by atoms with Crippen molar-refractivity contribution in [1.29, 1.82) is 5.26 Å². The summed E-state index contributed by atoms with van der Waals surface area (Å²) in [6.07, 6.45) is 3.51. The Morgan fingerprint density at radius 3 is 2.24 bits per heavy atom. The fraction of sp³-hybridized carbons (Fsp3) is 0.500. The van der Waals surface area contributed by atoms with Gasteiger partial charge in [0.05, 0.1) is 24.8 Å². The van der Waals surface area contributed by atoms with Gasteiger partial charge in [0.15, 0.2) is 0 Å². The molecule has 0 radical (unpaired) electrons. The summed E-state index contributed by atoms with van der Waals surface area (Å²) in [6, 6.07) is 17.3. The van der Waals surface area contributed by atoms with E-state index < -0.39 is 6.04 Å². The molecule has 202 valence electrons. The molecule has 2 fully saturated rings.